The van der Waals surface area contributed by atoms with Gasteiger partial charge in [-0.1, -0.05) is 6.08 Å². The van der Waals surface area contributed by atoms with Crippen molar-refractivity contribution in [2.75, 3.05) is 13.6 Å². The normalized spacial score (nSPS) is 14.2. The van der Waals surface area contributed by atoms with Crippen molar-refractivity contribution in [3.05, 3.63) is 12.3 Å². The highest BCUT2D eigenvalue weighted by Gasteiger charge is 1.94. The van der Waals surface area contributed by atoms with Gasteiger partial charge in [0.1, 0.15) is 6.23 Å². The first kappa shape index (κ1) is 8.46. The Morgan fingerprint density at radius 2 is 2.33 bits per heavy atom. The molecule has 0 bridgehead atoms. The first-order valence-electron chi connectivity index (χ1n) is 2.95. The Labute approximate surface area is 55.8 Å². The SMILES string of the molecule is CC(O)N(C)C=CCN. The van der Waals surface area contributed by atoms with Crippen molar-refractivity contribution in [2.24, 2.45) is 5.73 Å². The van der Waals surface area contributed by atoms with Crippen molar-refractivity contribution in [3.63, 3.8) is 0 Å². The largest absolute Gasteiger partial charge is 0.374 e. The Kier molecular flexibility index (Phi) is 4.09. The minimum absolute atomic E-state index is 0.437. The van der Waals surface area contributed by atoms with Crippen LogP contribution in [0.2, 0.25) is 0 Å². The van der Waals surface area contributed by atoms with Crippen LogP contribution in [-0.4, -0.2) is 29.8 Å². The number of nitrogens with two attached hydrogens (primary N) is 1. The lowest BCUT2D eigenvalue weighted by Gasteiger charge is -2.16. The molecular formula is C6H14N2O. The first-order valence-corrected chi connectivity index (χ1v) is 2.95. The second kappa shape index (κ2) is 4.35. The van der Waals surface area contributed by atoms with Gasteiger partial charge < -0.3 is 15.7 Å². The van der Waals surface area contributed by atoms with E-state index in [1.165, 1.54) is 0 Å². The van der Waals surface area contributed by atoms with Crippen molar-refractivity contribution in [1.29, 1.82) is 0 Å². The summed E-state index contributed by atoms with van der Waals surface area (Å²) in [6, 6.07) is 0. The molecular weight excluding hydrogens is 116 g/mol. The van der Waals surface area contributed by atoms with Crippen molar-refractivity contribution < 1.29 is 5.11 Å². The van der Waals surface area contributed by atoms with Gasteiger partial charge in [0, 0.05) is 13.6 Å². The molecule has 0 saturated carbocycles. The Hall–Kier alpha value is -0.540. The van der Waals surface area contributed by atoms with Gasteiger partial charge in [0.05, 0.1) is 0 Å². The topological polar surface area (TPSA) is 49.5 Å². The Morgan fingerprint density at radius 1 is 1.78 bits per heavy atom. The number of aliphatic hydroxyl groups excluding tert-OH is 1. The molecule has 0 amide bonds. The highest BCUT2D eigenvalue weighted by atomic mass is 16.3. The number of hydrogen-bond acceptors (Lipinski definition) is 3. The van der Waals surface area contributed by atoms with E-state index in [1.807, 2.05) is 0 Å². The van der Waals surface area contributed by atoms with E-state index in [4.69, 9.17) is 10.8 Å². The quantitative estimate of drug-likeness (QED) is 0.517. The first-order chi connectivity index (χ1) is 4.18. The summed E-state index contributed by atoms with van der Waals surface area (Å²) in [6.45, 7) is 2.21. The van der Waals surface area contributed by atoms with Gasteiger partial charge in [-0.15, -0.1) is 0 Å². The van der Waals surface area contributed by atoms with Crippen LogP contribution in [0.15, 0.2) is 12.3 Å². The number of nitrogens with zero attached hydrogens (tertiary/aromatic N) is 1. The highest BCUT2D eigenvalue weighted by Crippen LogP contribution is 1.89. The number of hydrogen-bond donors (Lipinski definition) is 2. The fraction of sp³-hybridized carbons (Fsp3) is 0.667. The van der Waals surface area contributed by atoms with Crippen LogP contribution in [0.5, 0.6) is 0 Å². The maximum absolute atomic E-state index is 8.88. The van der Waals surface area contributed by atoms with Crippen LogP contribution >= 0.6 is 0 Å². The van der Waals surface area contributed by atoms with E-state index in [1.54, 1.807) is 31.1 Å². The van der Waals surface area contributed by atoms with E-state index in [0.29, 0.717) is 6.54 Å². The predicted octanol–water partition coefficient (Wildman–Crippen LogP) is -0.271. The third-order valence-corrected chi connectivity index (χ3v) is 1.07. The molecule has 0 aromatic carbocycles. The Balaban J connectivity index is 3.48. The van der Waals surface area contributed by atoms with E-state index < -0.39 is 6.23 Å². The minimum Gasteiger partial charge on any atom is -0.374 e. The van der Waals surface area contributed by atoms with Crippen LogP contribution in [0.3, 0.4) is 0 Å². The molecule has 0 aliphatic heterocycles. The maximum Gasteiger partial charge on any atom is 0.123 e. The number of rotatable bonds is 3. The molecule has 54 valence electrons. The fourth-order valence-corrected chi connectivity index (χ4v) is 0.352. The maximum atomic E-state index is 8.88. The molecule has 3 nitrogen and oxygen atoms in total. The molecule has 0 aromatic rings. The Morgan fingerprint density at radius 3 is 2.67 bits per heavy atom. The third-order valence-electron chi connectivity index (χ3n) is 1.07. The van der Waals surface area contributed by atoms with Crippen LogP contribution in [0.1, 0.15) is 6.92 Å². The van der Waals surface area contributed by atoms with Gasteiger partial charge in [0.15, 0.2) is 0 Å². The van der Waals surface area contributed by atoms with Crippen molar-refractivity contribution >= 4 is 0 Å². The van der Waals surface area contributed by atoms with Gasteiger partial charge in [0.2, 0.25) is 0 Å². The van der Waals surface area contributed by atoms with E-state index in [-0.39, 0.29) is 0 Å². The molecule has 0 rings (SSSR count). The van der Waals surface area contributed by atoms with Crippen LogP contribution in [0, 0.1) is 0 Å². The van der Waals surface area contributed by atoms with Crippen LogP contribution in [0.4, 0.5) is 0 Å². The van der Waals surface area contributed by atoms with E-state index in [9.17, 15) is 0 Å². The van der Waals surface area contributed by atoms with Crippen molar-refractivity contribution in [1.82, 2.24) is 4.90 Å². The zero-order valence-electron chi connectivity index (χ0n) is 5.91. The molecule has 0 fully saturated rings. The summed E-state index contributed by atoms with van der Waals surface area (Å²) in [5, 5.41) is 8.88. The summed E-state index contributed by atoms with van der Waals surface area (Å²) in [5.41, 5.74) is 5.18. The van der Waals surface area contributed by atoms with Crippen LogP contribution in [-0.2, 0) is 0 Å². The molecule has 9 heavy (non-hydrogen) atoms. The summed E-state index contributed by atoms with van der Waals surface area (Å²) in [6.07, 6.45) is 3.10. The zero-order chi connectivity index (χ0) is 7.28. The van der Waals surface area contributed by atoms with Crippen LogP contribution < -0.4 is 5.73 Å². The molecule has 1 atom stereocenters. The average molecular weight is 130 g/mol. The molecule has 0 radical (unpaired) electrons. The molecule has 0 spiro atoms. The Bertz CT molecular complexity index is 91.1. The molecule has 3 N–H and O–H groups in total. The number of aliphatic hydroxyl groups is 1. The van der Waals surface area contributed by atoms with Gasteiger partial charge in [-0.25, -0.2) is 0 Å². The second-order valence-corrected chi connectivity index (χ2v) is 1.92. The zero-order valence-corrected chi connectivity index (χ0v) is 5.91. The minimum atomic E-state index is -0.437. The van der Waals surface area contributed by atoms with E-state index >= 15 is 0 Å². The molecule has 0 heterocycles. The predicted molar refractivity (Wildman–Crippen MR) is 37.6 cm³/mol. The summed E-state index contributed by atoms with van der Waals surface area (Å²) >= 11 is 0. The van der Waals surface area contributed by atoms with Crippen LogP contribution in [0.25, 0.3) is 0 Å². The van der Waals surface area contributed by atoms with Crippen molar-refractivity contribution in [2.45, 2.75) is 13.2 Å². The summed E-state index contributed by atoms with van der Waals surface area (Å²) in [5.74, 6) is 0. The molecule has 1 unspecified atom stereocenters. The molecule has 0 aromatic heterocycles. The lowest BCUT2D eigenvalue weighted by molar-refractivity contribution is 0.0726. The van der Waals surface area contributed by atoms with Gasteiger partial charge in [0.25, 0.3) is 0 Å². The highest BCUT2D eigenvalue weighted by molar-refractivity contribution is 4.81. The molecule has 0 aliphatic carbocycles. The van der Waals surface area contributed by atoms with E-state index in [2.05, 4.69) is 0 Å². The van der Waals surface area contributed by atoms with Gasteiger partial charge >= 0.3 is 0 Å². The second-order valence-electron chi connectivity index (χ2n) is 1.92. The standard InChI is InChI=1S/C6H14N2O/c1-6(9)8(2)5-3-4-7/h3,5-6,9H,4,7H2,1-2H3. The lowest BCUT2D eigenvalue weighted by Crippen LogP contribution is -2.22. The van der Waals surface area contributed by atoms with Crippen molar-refractivity contribution in [3.8, 4) is 0 Å². The van der Waals surface area contributed by atoms with Gasteiger partial charge in [-0.05, 0) is 13.1 Å². The van der Waals surface area contributed by atoms with E-state index in [0.717, 1.165) is 0 Å². The summed E-state index contributed by atoms with van der Waals surface area (Å²) in [7, 11) is 1.79. The van der Waals surface area contributed by atoms with Gasteiger partial charge in [-0.3, -0.25) is 0 Å². The monoisotopic (exact) mass is 130 g/mol. The summed E-state index contributed by atoms with van der Waals surface area (Å²) < 4.78 is 0. The smallest absolute Gasteiger partial charge is 0.123 e. The molecule has 0 aliphatic rings. The third kappa shape index (κ3) is 4.00. The molecule has 3 heteroatoms. The average Bonchev–Trinajstić information content (AvgIpc) is 1.82. The van der Waals surface area contributed by atoms with Gasteiger partial charge in [-0.2, -0.15) is 0 Å². The lowest BCUT2D eigenvalue weighted by atomic mass is 10.5. The fourth-order valence-electron chi connectivity index (χ4n) is 0.352. The molecule has 0 saturated heterocycles. The summed E-state index contributed by atoms with van der Waals surface area (Å²) in [4.78, 5) is 1.67.